The molecule has 0 radical (unpaired) electrons. The molecule has 0 aromatic carbocycles. The minimum Gasteiger partial charge on any atom is -0.481 e. The standard InChI is InChI=1S/C11H19N5O/c1-8(2)15-11(16-12)14-7-9-4-5-10(17-3)13-6-9/h4-6,8H,7,12H2,1-3H3,(H2,14,15,16). The zero-order valence-electron chi connectivity index (χ0n) is 10.4. The molecule has 6 heteroatoms. The Balaban J connectivity index is 2.60. The molecule has 0 aliphatic rings. The molecule has 1 aromatic heterocycles. The van der Waals surface area contributed by atoms with E-state index in [1.807, 2.05) is 19.9 Å². The van der Waals surface area contributed by atoms with Crippen LogP contribution in [0, 0.1) is 0 Å². The predicted molar refractivity (Wildman–Crippen MR) is 67.5 cm³/mol. The van der Waals surface area contributed by atoms with Crippen LogP contribution in [-0.2, 0) is 6.54 Å². The van der Waals surface area contributed by atoms with Crippen LogP contribution in [0.2, 0.25) is 0 Å². The first kappa shape index (κ1) is 13.2. The second kappa shape index (κ2) is 6.70. The summed E-state index contributed by atoms with van der Waals surface area (Å²) in [5.74, 6) is 6.51. The molecule has 0 unspecified atom stereocenters. The van der Waals surface area contributed by atoms with Gasteiger partial charge in [0.2, 0.25) is 11.8 Å². The molecular formula is C11H19N5O. The van der Waals surface area contributed by atoms with E-state index >= 15 is 0 Å². The zero-order valence-corrected chi connectivity index (χ0v) is 10.4. The van der Waals surface area contributed by atoms with Gasteiger partial charge in [-0.3, -0.25) is 5.43 Å². The van der Waals surface area contributed by atoms with Crippen LogP contribution in [0.1, 0.15) is 19.4 Å². The van der Waals surface area contributed by atoms with E-state index in [-0.39, 0.29) is 6.04 Å². The first-order chi connectivity index (χ1) is 8.15. The molecule has 4 N–H and O–H groups in total. The van der Waals surface area contributed by atoms with Gasteiger partial charge in [0.05, 0.1) is 13.7 Å². The van der Waals surface area contributed by atoms with Gasteiger partial charge in [0.25, 0.3) is 0 Å². The molecule has 6 nitrogen and oxygen atoms in total. The molecule has 1 rings (SSSR count). The molecule has 0 saturated carbocycles. The zero-order chi connectivity index (χ0) is 12.7. The molecule has 1 heterocycles. The number of nitrogens with two attached hydrogens (primary N) is 1. The lowest BCUT2D eigenvalue weighted by molar-refractivity contribution is 0.397. The second-order valence-electron chi connectivity index (χ2n) is 3.82. The summed E-state index contributed by atoms with van der Waals surface area (Å²) in [4.78, 5) is 8.40. The molecule has 0 saturated heterocycles. The van der Waals surface area contributed by atoms with Crippen molar-refractivity contribution in [3.8, 4) is 5.88 Å². The van der Waals surface area contributed by atoms with E-state index in [2.05, 4.69) is 20.7 Å². The number of rotatable bonds is 4. The molecule has 0 bridgehead atoms. The SMILES string of the molecule is COc1ccc(CN=C(NN)NC(C)C)cn1. The van der Waals surface area contributed by atoms with Crippen molar-refractivity contribution in [1.29, 1.82) is 0 Å². The Hall–Kier alpha value is -1.82. The Kier molecular flexibility index (Phi) is 5.22. The number of hydrogen-bond acceptors (Lipinski definition) is 4. The first-order valence-electron chi connectivity index (χ1n) is 5.42. The van der Waals surface area contributed by atoms with Crippen LogP contribution in [0.5, 0.6) is 5.88 Å². The summed E-state index contributed by atoms with van der Waals surface area (Å²) in [6.45, 7) is 4.54. The third-order valence-corrected chi connectivity index (χ3v) is 1.99. The lowest BCUT2D eigenvalue weighted by atomic mass is 10.3. The van der Waals surface area contributed by atoms with Crippen LogP contribution < -0.4 is 21.3 Å². The number of aromatic nitrogens is 1. The minimum absolute atomic E-state index is 0.277. The van der Waals surface area contributed by atoms with Gasteiger partial charge in [0.15, 0.2) is 0 Å². The van der Waals surface area contributed by atoms with E-state index in [0.29, 0.717) is 18.4 Å². The number of ether oxygens (including phenoxy) is 1. The monoisotopic (exact) mass is 237 g/mol. The first-order valence-corrected chi connectivity index (χ1v) is 5.42. The molecule has 0 aliphatic heterocycles. The van der Waals surface area contributed by atoms with E-state index in [0.717, 1.165) is 5.56 Å². The summed E-state index contributed by atoms with van der Waals surface area (Å²) in [7, 11) is 1.59. The third-order valence-electron chi connectivity index (χ3n) is 1.99. The van der Waals surface area contributed by atoms with E-state index in [1.165, 1.54) is 0 Å². The van der Waals surface area contributed by atoms with Gasteiger partial charge in [0.1, 0.15) is 0 Å². The number of hydrogen-bond donors (Lipinski definition) is 3. The maximum Gasteiger partial charge on any atom is 0.212 e. The van der Waals surface area contributed by atoms with Crippen molar-refractivity contribution < 1.29 is 4.74 Å². The van der Waals surface area contributed by atoms with Crippen molar-refractivity contribution in [3.63, 3.8) is 0 Å². The Bertz CT molecular complexity index is 361. The van der Waals surface area contributed by atoms with Crippen molar-refractivity contribution in [2.45, 2.75) is 26.4 Å². The molecule has 0 aliphatic carbocycles. The van der Waals surface area contributed by atoms with Crippen molar-refractivity contribution in [1.82, 2.24) is 15.7 Å². The highest BCUT2D eigenvalue weighted by atomic mass is 16.5. The molecule has 0 atom stereocenters. The number of pyridine rings is 1. The summed E-state index contributed by atoms with van der Waals surface area (Å²) < 4.78 is 4.98. The molecule has 0 fully saturated rings. The number of nitrogens with zero attached hydrogens (tertiary/aromatic N) is 2. The molecule has 0 amide bonds. The van der Waals surface area contributed by atoms with Crippen molar-refractivity contribution in [2.24, 2.45) is 10.8 Å². The minimum atomic E-state index is 0.277. The van der Waals surface area contributed by atoms with Crippen LogP contribution in [0.4, 0.5) is 0 Å². The van der Waals surface area contributed by atoms with Crippen LogP contribution in [0.25, 0.3) is 0 Å². The number of methoxy groups -OCH3 is 1. The fourth-order valence-corrected chi connectivity index (χ4v) is 1.20. The van der Waals surface area contributed by atoms with Crippen molar-refractivity contribution in [2.75, 3.05) is 7.11 Å². The molecule has 94 valence electrons. The molecular weight excluding hydrogens is 218 g/mol. The van der Waals surface area contributed by atoms with E-state index in [4.69, 9.17) is 10.6 Å². The normalized spacial score (nSPS) is 11.5. The van der Waals surface area contributed by atoms with Gasteiger partial charge in [-0.1, -0.05) is 6.07 Å². The maximum atomic E-state index is 5.35. The average Bonchev–Trinajstić information content (AvgIpc) is 2.34. The number of hydrazine groups is 1. The lowest BCUT2D eigenvalue weighted by Crippen LogP contribution is -2.44. The smallest absolute Gasteiger partial charge is 0.212 e. The quantitative estimate of drug-likeness (QED) is 0.306. The summed E-state index contributed by atoms with van der Waals surface area (Å²) in [6.07, 6.45) is 1.73. The van der Waals surface area contributed by atoms with Crippen LogP contribution >= 0.6 is 0 Å². The summed E-state index contributed by atoms with van der Waals surface area (Å²) in [6, 6.07) is 3.99. The summed E-state index contributed by atoms with van der Waals surface area (Å²) in [5.41, 5.74) is 3.51. The van der Waals surface area contributed by atoms with Gasteiger partial charge >= 0.3 is 0 Å². The van der Waals surface area contributed by atoms with E-state index in [1.54, 1.807) is 19.4 Å². The highest BCUT2D eigenvalue weighted by Crippen LogP contribution is 2.07. The highest BCUT2D eigenvalue weighted by molar-refractivity contribution is 5.79. The van der Waals surface area contributed by atoms with Crippen molar-refractivity contribution in [3.05, 3.63) is 23.9 Å². The van der Waals surface area contributed by atoms with Crippen LogP contribution in [-0.4, -0.2) is 24.1 Å². The molecule has 17 heavy (non-hydrogen) atoms. The Morgan fingerprint density at radius 3 is 2.76 bits per heavy atom. The second-order valence-corrected chi connectivity index (χ2v) is 3.82. The van der Waals surface area contributed by atoms with Gasteiger partial charge in [-0.2, -0.15) is 0 Å². The third kappa shape index (κ3) is 4.69. The van der Waals surface area contributed by atoms with Gasteiger partial charge < -0.3 is 10.1 Å². The fourth-order valence-electron chi connectivity index (χ4n) is 1.20. The Morgan fingerprint density at radius 1 is 1.53 bits per heavy atom. The lowest BCUT2D eigenvalue weighted by Gasteiger charge is -2.11. The van der Waals surface area contributed by atoms with Gasteiger partial charge in [-0.05, 0) is 19.4 Å². The molecule has 1 aromatic rings. The van der Waals surface area contributed by atoms with Crippen LogP contribution in [0.15, 0.2) is 23.3 Å². The highest BCUT2D eigenvalue weighted by Gasteiger charge is 1.99. The van der Waals surface area contributed by atoms with Gasteiger partial charge in [0, 0.05) is 18.3 Å². The predicted octanol–water partition coefficient (Wildman–Crippen LogP) is 0.408. The topological polar surface area (TPSA) is 84.6 Å². The Labute approximate surface area is 101 Å². The van der Waals surface area contributed by atoms with Crippen LogP contribution in [0.3, 0.4) is 0 Å². The number of aliphatic imine (C=N–C) groups is 1. The van der Waals surface area contributed by atoms with E-state index < -0.39 is 0 Å². The molecule has 0 spiro atoms. The fraction of sp³-hybridized carbons (Fsp3) is 0.455. The summed E-state index contributed by atoms with van der Waals surface area (Å²) >= 11 is 0. The summed E-state index contributed by atoms with van der Waals surface area (Å²) in [5, 5.41) is 3.09. The Morgan fingerprint density at radius 2 is 2.29 bits per heavy atom. The number of nitrogens with one attached hydrogen (secondary N) is 2. The van der Waals surface area contributed by atoms with Crippen molar-refractivity contribution >= 4 is 5.96 Å². The maximum absolute atomic E-state index is 5.35. The largest absolute Gasteiger partial charge is 0.481 e. The van der Waals surface area contributed by atoms with Gasteiger partial charge in [-0.25, -0.2) is 15.8 Å². The van der Waals surface area contributed by atoms with E-state index in [9.17, 15) is 0 Å². The number of guanidine groups is 1. The van der Waals surface area contributed by atoms with Gasteiger partial charge in [-0.15, -0.1) is 0 Å². The average molecular weight is 237 g/mol.